The van der Waals surface area contributed by atoms with Gasteiger partial charge in [-0.3, -0.25) is 9.69 Å². The standard InChI is InChI=1S/C26H23F3N2OS/c27-26(28,29)21-13-7-14-22(17-21)30-25-31(15-8-16-33-25)24(32)18-23(19-9-3-1-4-10-19)20-11-5-2-6-12-20/h1-7,9-14,17,23H,8,15-16,18H2. The number of halogens is 3. The Kier molecular flexibility index (Phi) is 7.18. The topological polar surface area (TPSA) is 32.7 Å². The van der Waals surface area contributed by atoms with Gasteiger partial charge in [-0.05, 0) is 35.7 Å². The Hall–Kier alpha value is -3.06. The number of carbonyl (C=O) groups is 1. The number of amides is 1. The van der Waals surface area contributed by atoms with Gasteiger partial charge in [-0.15, -0.1) is 0 Å². The normalized spacial score (nSPS) is 15.8. The molecule has 1 saturated heterocycles. The maximum atomic E-state index is 13.4. The van der Waals surface area contributed by atoms with Crippen LogP contribution in [-0.2, 0) is 11.0 Å². The van der Waals surface area contributed by atoms with Crippen molar-refractivity contribution in [1.82, 2.24) is 4.90 Å². The van der Waals surface area contributed by atoms with Crippen LogP contribution in [0.3, 0.4) is 0 Å². The second kappa shape index (κ2) is 10.3. The van der Waals surface area contributed by atoms with Crippen LogP contribution in [0.4, 0.5) is 18.9 Å². The third-order valence-corrected chi connectivity index (χ3v) is 6.53. The largest absolute Gasteiger partial charge is 0.416 e. The molecule has 33 heavy (non-hydrogen) atoms. The van der Waals surface area contributed by atoms with Gasteiger partial charge in [0.2, 0.25) is 5.91 Å². The quantitative estimate of drug-likeness (QED) is 0.409. The molecule has 4 rings (SSSR count). The van der Waals surface area contributed by atoms with E-state index in [0.29, 0.717) is 11.7 Å². The van der Waals surface area contributed by atoms with Gasteiger partial charge < -0.3 is 0 Å². The van der Waals surface area contributed by atoms with Crippen molar-refractivity contribution in [1.29, 1.82) is 0 Å². The zero-order valence-corrected chi connectivity index (χ0v) is 18.6. The molecule has 0 unspecified atom stereocenters. The van der Waals surface area contributed by atoms with Crippen LogP contribution in [0.1, 0.15) is 35.4 Å². The third-order valence-electron chi connectivity index (χ3n) is 5.47. The summed E-state index contributed by atoms with van der Waals surface area (Å²) >= 11 is 1.40. The van der Waals surface area contributed by atoms with Crippen molar-refractivity contribution in [3.05, 3.63) is 102 Å². The fourth-order valence-corrected chi connectivity index (χ4v) is 4.80. The Morgan fingerprint density at radius 3 is 2.18 bits per heavy atom. The van der Waals surface area contributed by atoms with Crippen LogP contribution in [0.5, 0.6) is 0 Å². The van der Waals surface area contributed by atoms with Gasteiger partial charge in [0.05, 0.1) is 11.3 Å². The zero-order valence-electron chi connectivity index (χ0n) is 17.8. The van der Waals surface area contributed by atoms with E-state index in [0.717, 1.165) is 35.4 Å². The highest BCUT2D eigenvalue weighted by molar-refractivity contribution is 8.13. The van der Waals surface area contributed by atoms with Gasteiger partial charge in [0.15, 0.2) is 5.17 Å². The minimum Gasteiger partial charge on any atom is -0.291 e. The maximum Gasteiger partial charge on any atom is 0.416 e. The van der Waals surface area contributed by atoms with E-state index in [4.69, 9.17) is 0 Å². The number of alkyl halides is 3. The monoisotopic (exact) mass is 468 g/mol. The highest BCUT2D eigenvalue weighted by Gasteiger charge is 2.31. The molecule has 1 aliphatic heterocycles. The zero-order chi connectivity index (χ0) is 23.3. The summed E-state index contributed by atoms with van der Waals surface area (Å²) in [5, 5.41) is 0.449. The molecular weight excluding hydrogens is 445 g/mol. The molecule has 0 aromatic heterocycles. The molecule has 0 spiro atoms. The van der Waals surface area contributed by atoms with Crippen molar-refractivity contribution in [2.24, 2.45) is 4.99 Å². The fraction of sp³-hybridized carbons (Fsp3) is 0.231. The van der Waals surface area contributed by atoms with Crippen LogP contribution < -0.4 is 0 Å². The molecule has 170 valence electrons. The molecule has 0 aliphatic carbocycles. The molecule has 1 heterocycles. The number of hydrogen-bond donors (Lipinski definition) is 0. The van der Waals surface area contributed by atoms with Gasteiger partial charge in [-0.1, -0.05) is 78.5 Å². The van der Waals surface area contributed by atoms with Crippen molar-refractivity contribution < 1.29 is 18.0 Å². The van der Waals surface area contributed by atoms with Crippen molar-refractivity contribution in [3.63, 3.8) is 0 Å². The first-order valence-electron chi connectivity index (χ1n) is 10.7. The molecule has 1 amide bonds. The summed E-state index contributed by atoms with van der Waals surface area (Å²) in [6.45, 7) is 0.500. The number of amidine groups is 1. The average Bonchev–Trinajstić information content (AvgIpc) is 2.83. The number of carbonyl (C=O) groups excluding carboxylic acids is 1. The molecule has 7 heteroatoms. The molecule has 0 saturated carbocycles. The number of benzene rings is 3. The lowest BCUT2D eigenvalue weighted by Gasteiger charge is -2.29. The van der Waals surface area contributed by atoms with Gasteiger partial charge >= 0.3 is 6.18 Å². The molecule has 1 fully saturated rings. The van der Waals surface area contributed by atoms with E-state index in [1.165, 1.54) is 23.9 Å². The number of nitrogens with zero attached hydrogens (tertiary/aromatic N) is 2. The number of rotatable bonds is 5. The van der Waals surface area contributed by atoms with E-state index in [9.17, 15) is 18.0 Å². The lowest BCUT2D eigenvalue weighted by molar-refractivity contribution is -0.137. The highest BCUT2D eigenvalue weighted by Crippen LogP contribution is 2.33. The Labute approximate surface area is 195 Å². The van der Waals surface area contributed by atoms with E-state index >= 15 is 0 Å². The van der Waals surface area contributed by atoms with E-state index in [2.05, 4.69) is 4.99 Å². The van der Waals surface area contributed by atoms with Crippen LogP contribution in [0.15, 0.2) is 89.9 Å². The molecule has 0 radical (unpaired) electrons. The smallest absolute Gasteiger partial charge is 0.291 e. The van der Waals surface area contributed by atoms with Crippen molar-refractivity contribution >= 4 is 28.5 Å². The Balaban J connectivity index is 1.61. The minimum absolute atomic E-state index is 0.0920. The van der Waals surface area contributed by atoms with E-state index < -0.39 is 11.7 Å². The van der Waals surface area contributed by atoms with Crippen LogP contribution >= 0.6 is 11.8 Å². The number of aliphatic imine (C=N–C) groups is 1. The molecule has 3 aromatic rings. The summed E-state index contributed by atoms with van der Waals surface area (Å²) < 4.78 is 39.3. The van der Waals surface area contributed by atoms with Gasteiger partial charge in [0, 0.05) is 24.6 Å². The lowest BCUT2D eigenvalue weighted by Crippen LogP contribution is -2.39. The highest BCUT2D eigenvalue weighted by atomic mass is 32.2. The first-order chi connectivity index (χ1) is 15.9. The van der Waals surface area contributed by atoms with Gasteiger partial charge in [0.25, 0.3) is 0 Å². The summed E-state index contributed by atoms with van der Waals surface area (Å²) in [5.41, 5.74) is 1.52. The third kappa shape index (κ3) is 5.85. The van der Waals surface area contributed by atoms with E-state index in [1.54, 1.807) is 4.90 Å². The predicted octanol–water partition coefficient (Wildman–Crippen LogP) is 6.88. The van der Waals surface area contributed by atoms with Crippen molar-refractivity contribution in [2.45, 2.75) is 24.9 Å². The fourth-order valence-electron chi connectivity index (χ4n) is 3.83. The van der Waals surface area contributed by atoms with Gasteiger partial charge in [-0.25, -0.2) is 4.99 Å². The first kappa shape index (κ1) is 23.1. The summed E-state index contributed by atoms with van der Waals surface area (Å²) in [4.78, 5) is 19.5. The van der Waals surface area contributed by atoms with Crippen LogP contribution in [0.2, 0.25) is 0 Å². The second-order valence-corrected chi connectivity index (χ2v) is 8.83. The summed E-state index contributed by atoms with van der Waals surface area (Å²) in [5.74, 6) is 0.551. The summed E-state index contributed by atoms with van der Waals surface area (Å²) in [6.07, 6.45) is -3.39. The van der Waals surface area contributed by atoms with Crippen molar-refractivity contribution in [2.75, 3.05) is 12.3 Å². The molecule has 0 bridgehead atoms. The Bertz CT molecular complexity index is 1080. The molecule has 0 atom stereocenters. The lowest BCUT2D eigenvalue weighted by atomic mass is 9.88. The summed E-state index contributed by atoms with van der Waals surface area (Å²) in [7, 11) is 0. The molecule has 0 N–H and O–H groups in total. The van der Waals surface area contributed by atoms with E-state index in [-0.39, 0.29) is 23.9 Å². The minimum atomic E-state index is -4.44. The maximum absolute atomic E-state index is 13.4. The van der Waals surface area contributed by atoms with E-state index in [1.807, 2.05) is 60.7 Å². The van der Waals surface area contributed by atoms with Crippen LogP contribution in [0, 0.1) is 0 Å². The molecule has 3 aromatic carbocycles. The Morgan fingerprint density at radius 1 is 0.939 bits per heavy atom. The second-order valence-electron chi connectivity index (χ2n) is 7.77. The molecule has 1 aliphatic rings. The van der Waals surface area contributed by atoms with Crippen molar-refractivity contribution in [3.8, 4) is 0 Å². The van der Waals surface area contributed by atoms with Crippen LogP contribution in [-0.4, -0.2) is 28.3 Å². The SMILES string of the molecule is O=C(CC(c1ccccc1)c1ccccc1)N1CCCSC1=Nc1cccc(C(F)(F)F)c1. The molecular formula is C26H23F3N2OS. The van der Waals surface area contributed by atoms with Gasteiger partial charge in [0.1, 0.15) is 0 Å². The van der Waals surface area contributed by atoms with Crippen LogP contribution in [0.25, 0.3) is 0 Å². The first-order valence-corrected chi connectivity index (χ1v) is 11.7. The molecule has 3 nitrogen and oxygen atoms in total. The number of hydrogen-bond acceptors (Lipinski definition) is 3. The van der Waals surface area contributed by atoms with Gasteiger partial charge in [-0.2, -0.15) is 13.2 Å². The summed E-state index contributed by atoms with van der Waals surface area (Å²) in [6, 6.07) is 24.6. The Morgan fingerprint density at radius 2 is 1.58 bits per heavy atom. The average molecular weight is 469 g/mol. The number of thioether (sulfide) groups is 1. The predicted molar refractivity (Wildman–Crippen MR) is 127 cm³/mol.